The van der Waals surface area contributed by atoms with E-state index in [0.29, 0.717) is 39.7 Å². The van der Waals surface area contributed by atoms with Crippen LogP contribution in [-0.2, 0) is 9.59 Å². The number of nitrogens with zero attached hydrogens (tertiary/aromatic N) is 4. The molecule has 1 aromatic heterocycles. The van der Waals surface area contributed by atoms with E-state index in [9.17, 15) is 14.4 Å². The smallest absolute Gasteiger partial charge is 0.321 e. The second-order valence-electron chi connectivity index (χ2n) is 10.1. The van der Waals surface area contributed by atoms with Gasteiger partial charge in [0.1, 0.15) is 12.3 Å². The number of anilines is 3. The minimum Gasteiger partial charge on any atom is -0.497 e. The first-order valence-electron chi connectivity index (χ1n) is 13.8. The van der Waals surface area contributed by atoms with Gasteiger partial charge in [0.25, 0.3) is 5.91 Å². The molecule has 0 aliphatic carbocycles. The van der Waals surface area contributed by atoms with Gasteiger partial charge in [0, 0.05) is 40.9 Å². The molecule has 3 aromatic carbocycles. The normalized spacial score (nSPS) is 14.3. The van der Waals surface area contributed by atoms with Crippen molar-refractivity contribution in [1.29, 1.82) is 0 Å². The first-order chi connectivity index (χ1) is 20.9. The Hall–Kier alpha value is -5.51. The molecule has 0 fully saturated rings. The molecule has 10 heteroatoms. The molecule has 0 spiro atoms. The molecule has 4 amide bonds. The van der Waals surface area contributed by atoms with Crippen molar-refractivity contribution in [1.82, 2.24) is 10.3 Å². The summed E-state index contributed by atoms with van der Waals surface area (Å²) in [4.78, 5) is 53.2. The number of nitrogens with one attached hydrogen (secondary N) is 2. The molecule has 0 saturated heterocycles. The van der Waals surface area contributed by atoms with E-state index in [2.05, 4.69) is 15.6 Å². The number of pyridine rings is 1. The zero-order valence-electron chi connectivity index (χ0n) is 24.1. The molecule has 1 aliphatic heterocycles. The van der Waals surface area contributed by atoms with Crippen molar-refractivity contribution in [2.24, 2.45) is 4.99 Å². The number of rotatable bonds is 8. The lowest BCUT2D eigenvalue weighted by Gasteiger charge is -2.31. The molecule has 43 heavy (non-hydrogen) atoms. The van der Waals surface area contributed by atoms with Crippen molar-refractivity contribution in [3.63, 3.8) is 0 Å². The third kappa shape index (κ3) is 6.54. The number of ether oxygens (including phenoxy) is 1. The number of hydrogen-bond donors (Lipinski definition) is 2. The minimum absolute atomic E-state index is 0.203. The SMILES string of the molecule is COc1ccc(N(C(=O)CN2C(=O)C(NC(=O)Nc3ccccc3)N=C(c3cccnc3)c3ccccc32)C(C)C)cc1. The Morgan fingerprint density at radius 1 is 0.953 bits per heavy atom. The largest absolute Gasteiger partial charge is 0.497 e. The van der Waals surface area contributed by atoms with Crippen molar-refractivity contribution < 1.29 is 19.1 Å². The molecule has 0 radical (unpaired) electrons. The van der Waals surface area contributed by atoms with Gasteiger partial charge in [-0.25, -0.2) is 9.79 Å². The number of amides is 4. The van der Waals surface area contributed by atoms with Crippen LogP contribution in [0.3, 0.4) is 0 Å². The van der Waals surface area contributed by atoms with Gasteiger partial charge >= 0.3 is 6.03 Å². The van der Waals surface area contributed by atoms with Crippen LogP contribution in [0.1, 0.15) is 25.0 Å². The van der Waals surface area contributed by atoms with Crippen molar-refractivity contribution in [3.8, 4) is 5.75 Å². The van der Waals surface area contributed by atoms with Crippen LogP contribution in [0.25, 0.3) is 0 Å². The van der Waals surface area contributed by atoms with E-state index < -0.39 is 18.1 Å². The summed E-state index contributed by atoms with van der Waals surface area (Å²) in [5, 5.41) is 5.44. The Kier molecular flexibility index (Phi) is 8.76. The Balaban J connectivity index is 1.53. The van der Waals surface area contributed by atoms with E-state index in [4.69, 9.17) is 9.73 Å². The summed E-state index contributed by atoms with van der Waals surface area (Å²) < 4.78 is 5.27. The fourth-order valence-electron chi connectivity index (χ4n) is 4.92. The molecule has 1 unspecified atom stereocenters. The van der Waals surface area contributed by atoms with Crippen molar-refractivity contribution in [2.75, 3.05) is 28.8 Å². The standard InChI is InChI=1S/C33H32N6O4/c1-22(2)39(25-15-17-26(43-3)18-16-25)29(40)21-38-28-14-8-7-13-27(28)30(23-10-9-19-34-20-23)36-31(32(38)41)37-33(42)35-24-11-5-4-6-12-24/h4-20,22,31H,21H2,1-3H3,(H2,35,37,42). The van der Waals surface area contributed by atoms with E-state index in [1.807, 2.05) is 38.1 Å². The zero-order valence-corrected chi connectivity index (χ0v) is 24.1. The molecule has 0 saturated carbocycles. The summed E-state index contributed by atoms with van der Waals surface area (Å²) in [5.41, 5.74) is 3.47. The molecular weight excluding hydrogens is 544 g/mol. The molecule has 4 aromatic rings. The van der Waals surface area contributed by atoms with Crippen molar-refractivity contribution in [3.05, 3.63) is 115 Å². The lowest BCUT2D eigenvalue weighted by atomic mass is 10.0. The van der Waals surface area contributed by atoms with Crippen LogP contribution in [0.4, 0.5) is 21.9 Å². The minimum atomic E-state index is -1.33. The first kappa shape index (κ1) is 29.0. The van der Waals surface area contributed by atoms with Crippen LogP contribution >= 0.6 is 0 Å². The number of aliphatic imine (C=N–C) groups is 1. The summed E-state index contributed by atoms with van der Waals surface area (Å²) in [6.45, 7) is 3.53. The average Bonchev–Trinajstić information content (AvgIpc) is 3.13. The highest BCUT2D eigenvalue weighted by molar-refractivity contribution is 6.21. The van der Waals surface area contributed by atoms with Crippen LogP contribution in [-0.4, -0.2) is 54.4 Å². The van der Waals surface area contributed by atoms with Gasteiger partial charge < -0.3 is 20.3 Å². The van der Waals surface area contributed by atoms with Crippen LogP contribution in [0, 0.1) is 0 Å². The third-order valence-electron chi connectivity index (χ3n) is 6.87. The maximum atomic E-state index is 14.2. The van der Waals surface area contributed by atoms with E-state index in [-0.39, 0.29) is 18.5 Å². The van der Waals surface area contributed by atoms with Crippen LogP contribution < -0.4 is 25.2 Å². The van der Waals surface area contributed by atoms with Crippen LogP contribution in [0.2, 0.25) is 0 Å². The van der Waals surface area contributed by atoms with Crippen molar-refractivity contribution >= 4 is 40.6 Å². The quantitative estimate of drug-likeness (QED) is 0.311. The molecule has 0 bridgehead atoms. The lowest BCUT2D eigenvalue weighted by molar-refractivity contribution is -0.123. The van der Waals surface area contributed by atoms with E-state index in [0.717, 1.165) is 0 Å². The van der Waals surface area contributed by atoms with E-state index in [1.165, 1.54) is 4.90 Å². The Bertz CT molecular complexity index is 1620. The number of fused-ring (bicyclic) bond motifs is 1. The second-order valence-corrected chi connectivity index (χ2v) is 10.1. The summed E-state index contributed by atoms with van der Waals surface area (Å²) in [6.07, 6.45) is 1.96. The van der Waals surface area contributed by atoms with Gasteiger partial charge in [-0.1, -0.05) is 36.4 Å². The molecule has 5 rings (SSSR count). The fraction of sp³-hybridized carbons (Fsp3) is 0.182. The molecule has 1 atom stereocenters. The summed E-state index contributed by atoms with van der Waals surface area (Å²) in [7, 11) is 1.58. The van der Waals surface area contributed by atoms with Gasteiger partial charge in [0.15, 0.2) is 0 Å². The van der Waals surface area contributed by atoms with Gasteiger partial charge in [0.2, 0.25) is 12.1 Å². The van der Waals surface area contributed by atoms with Crippen molar-refractivity contribution in [2.45, 2.75) is 26.1 Å². The predicted molar refractivity (Wildman–Crippen MR) is 167 cm³/mol. The predicted octanol–water partition coefficient (Wildman–Crippen LogP) is 4.86. The van der Waals surface area contributed by atoms with Gasteiger partial charge in [-0.15, -0.1) is 0 Å². The van der Waals surface area contributed by atoms with E-state index >= 15 is 0 Å². The Labute approximate surface area is 250 Å². The number of carbonyl (C=O) groups is 3. The molecular formula is C33H32N6O4. The molecule has 218 valence electrons. The number of benzene rings is 3. The monoisotopic (exact) mass is 576 g/mol. The second kappa shape index (κ2) is 13.0. The number of methoxy groups -OCH3 is 1. The van der Waals surface area contributed by atoms with Gasteiger partial charge in [-0.05, 0) is 68.4 Å². The number of urea groups is 1. The number of carbonyl (C=O) groups excluding carboxylic acids is 3. The highest BCUT2D eigenvalue weighted by Crippen LogP contribution is 2.29. The Morgan fingerprint density at radius 3 is 2.35 bits per heavy atom. The van der Waals surface area contributed by atoms with E-state index in [1.54, 1.807) is 91.1 Å². The molecule has 2 heterocycles. The van der Waals surface area contributed by atoms with Crippen LogP contribution in [0.15, 0.2) is 108 Å². The number of hydrogen-bond acceptors (Lipinski definition) is 6. The van der Waals surface area contributed by atoms with Gasteiger partial charge in [-0.2, -0.15) is 0 Å². The zero-order chi connectivity index (χ0) is 30.3. The summed E-state index contributed by atoms with van der Waals surface area (Å²) in [5.74, 6) is -0.193. The lowest BCUT2D eigenvalue weighted by Crippen LogP contribution is -2.52. The number of para-hydroxylation sites is 2. The molecule has 10 nitrogen and oxygen atoms in total. The maximum absolute atomic E-state index is 14.2. The summed E-state index contributed by atoms with van der Waals surface area (Å²) >= 11 is 0. The maximum Gasteiger partial charge on any atom is 0.321 e. The number of aromatic nitrogens is 1. The molecule has 2 N–H and O–H groups in total. The third-order valence-corrected chi connectivity index (χ3v) is 6.87. The highest BCUT2D eigenvalue weighted by Gasteiger charge is 2.35. The fourth-order valence-corrected chi connectivity index (χ4v) is 4.92. The van der Waals surface area contributed by atoms with Gasteiger partial charge in [-0.3, -0.25) is 19.5 Å². The first-order valence-corrected chi connectivity index (χ1v) is 13.8. The van der Waals surface area contributed by atoms with Gasteiger partial charge in [0.05, 0.1) is 18.5 Å². The average molecular weight is 577 g/mol. The van der Waals surface area contributed by atoms with Crippen LogP contribution in [0.5, 0.6) is 5.75 Å². The topological polar surface area (TPSA) is 116 Å². The molecule has 1 aliphatic rings. The number of benzodiazepines with no additional fused rings is 1. The summed E-state index contributed by atoms with van der Waals surface area (Å²) in [6, 6.07) is 26.1. The highest BCUT2D eigenvalue weighted by atomic mass is 16.5. The Morgan fingerprint density at radius 2 is 1.67 bits per heavy atom.